The molecule has 0 unspecified atom stereocenters. The molecule has 2 aromatic heterocycles. The van der Waals surface area contributed by atoms with Gasteiger partial charge in [-0.3, -0.25) is 9.59 Å². The molecule has 3 aromatic carbocycles. The highest BCUT2D eigenvalue weighted by molar-refractivity contribution is 6.07. The maximum atomic E-state index is 13.9. The van der Waals surface area contributed by atoms with E-state index in [0.717, 1.165) is 68.3 Å². The number of amides is 4. The summed E-state index contributed by atoms with van der Waals surface area (Å²) in [5.74, 6) is 1.75. The Morgan fingerprint density at radius 3 is 2.44 bits per heavy atom. The third-order valence-electron chi connectivity index (χ3n) is 12.5. The first kappa shape index (κ1) is 41.6. The van der Waals surface area contributed by atoms with Crippen LogP contribution in [-0.4, -0.2) is 106 Å². The van der Waals surface area contributed by atoms with Crippen LogP contribution in [0.1, 0.15) is 82.7 Å². The number of benzene rings is 3. The number of aromatic amines is 2. The molecule has 0 spiro atoms. The van der Waals surface area contributed by atoms with E-state index in [2.05, 4.69) is 57.0 Å². The van der Waals surface area contributed by atoms with E-state index >= 15 is 0 Å². The number of carbonyl (C=O) groups excluding carboxylic acids is 4. The molecule has 2 fully saturated rings. The van der Waals surface area contributed by atoms with E-state index in [1.165, 1.54) is 14.2 Å². The van der Waals surface area contributed by atoms with Gasteiger partial charge < -0.3 is 49.3 Å². The van der Waals surface area contributed by atoms with E-state index in [1.54, 1.807) is 18.2 Å². The molecule has 16 nitrogen and oxygen atoms in total. The molecule has 0 bridgehead atoms. The minimum absolute atomic E-state index is 0.0182. The van der Waals surface area contributed by atoms with E-state index in [1.807, 2.05) is 38.7 Å². The number of imidazole rings is 2. The fourth-order valence-corrected chi connectivity index (χ4v) is 9.29. The summed E-state index contributed by atoms with van der Waals surface area (Å²) >= 11 is 0. The molecule has 5 aromatic rings. The highest BCUT2D eigenvalue weighted by Crippen LogP contribution is 2.44. The molecular formula is C45H54N8O8. The summed E-state index contributed by atoms with van der Waals surface area (Å²) in [5.41, 5.74) is 6.51. The number of ether oxygens (including phenoxy) is 4. The van der Waals surface area contributed by atoms with Gasteiger partial charge in [-0.2, -0.15) is 0 Å². The molecular weight excluding hydrogens is 781 g/mol. The summed E-state index contributed by atoms with van der Waals surface area (Å²) in [6.45, 7) is 9.03. The second-order valence-corrected chi connectivity index (χ2v) is 16.7. The molecule has 16 heteroatoms. The summed E-state index contributed by atoms with van der Waals surface area (Å²) in [6, 6.07) is 12.5. The number of hydrogen-bond donors (Lipinski definition) is 4. The van der Waals surface area contributed by atoms with Crippen LogP contribution in [0.15, 0.2) is 48.7 Å². The maximum absolute atomic E-state index is 13.9. The molecule has 3 aliphatic heterocycles. The molecule has 6 atom stereocenters. The van der Waals surface area contributed by atoms with Gasteiger partial charge in [0.15, 0.2) is 0 Å². The summed E-state index contributed by atoms with van der Waals surface area (Å²) in [5, 5.41) is 7.36. The molecule has 8 rings (SSSR count). The zero-order valence-corrected chi connectivity index (χ0v) is 35.7. The van der Waals surface area contributed by atoms with Gasteiger partial charge in [0.1, 0.15) is 36.1 Å². The minimum atomic E-state index is -0.754. The van der Waals surface area contributed by atoms with Crippen LogP contribution < -0.4 is 15.4 Å². The predicted molar refractivity (Wildman–Crippen MR) is 227 cm³/mol. The maximum Gasteiger partial charge on any atom is 0.407 e. The van der Waals surface area contributed by atoms with Crippen LogP contribution >= 0.6 is 0 Å². The number of methoxy groups -OCH3 is 3. The van der Waals surface area contributed by atoms with Gasteiger partial charge in [-0.25, -0.2) is 19.6 Å². The van der Waals surface area contributed by atoms with Crippen LogP contribution in [0, 0.1) is 11.8 Å². The van der Waals surface area contributed by atoms with Crippen molar-refractivity contribution in [2.75, 3.05) is 34.5 Å². The minimum Gasteiger partial charge on any atom is -0.488 e. The molecule has 5 heterocycles. The Labute approximate surface area is 354 Å². The van der Waals surface area contributed by atoms with Crippen molar-refractivity contribution in [3.63, 3.8) is 0 Å². The summed E-state index contributed by atoms with van der Waals surface area (Å²) in [4.78, 5) is 72.4. The molecule has 4 amide bonds. The lowest BCUT2D eigenvalue weighted by Gasteiger charge is -2.31. The van der Waals surface area contributed by atoms with Gasteiger partial charge in [0, 0.05) is 36.6 Å². The standard InChI is InChI=1S/C45H54N8O8/c1-8-32(49-44(56)59-6)42(54)53-24(4)9-14-35(53)41-47-33-13-11-26-17-31-29-12-10-27(16-28(29)22-61-37(31)18-30(26)39(33)50-41)34-19-46-40(48-34)36-15-25(21-58-5)20-52(36)43(55)38(23(2)3)51-45(57)60-7/h10-13,16-19,23-25,32,35-36,38H,8-9,14-15,20-22H2,1-7H3,(H,46,48)(H,47,50)(H,49,56)(H,51,57)/t24-,25-,32-,35-,36-,38-/m0/s1. The number of alkyl carbamates (subject to hydrolysis) is 2. The van der Waals surface area contributed by atoms with Crippen LogP contribution in [0.25, 0.3) is 44.2 Å². The number of H-pyrrole nitrogens is 2. The molecule has 0 aliphatic carbocycles. The summed E-state index contributed by atoms with van der Waals surface area (Å²) in [6.07, 6.45) is 3.18. The second-order valence-electron chi connectivity index (χ2n) is 16.7. The van der Waals surface area contributed by atoms with E-state index in [9.17, 15) is 19.2 Å². The number of fused-ring (bicyclic) bond motifs is 6. The van der Waals surface area contributed by atoms with Crippen molar-refractivity contribution < 1.29 is 38.1 Å². The quantitative estimate of drug-likeness (QED) is 0.110. The SMILES string of the molecule is CC[C@H](NC(=O)OC)C(=O)N1[C@@H](C)CC[C@H]1c1nc2c(ccc3cc4c(cc32)OCc2cc(-c3cnc([C@@H]5C[C@H](COC)CN5C(=O)[C@@H](NC(=O)OC)C(C)C)[nH]3)ccc2-4)[nH]1. The molecule has 3 aliphatic rings. The van der Waals surface area contributed by atoms with Crippen molar-refractivity contribution in [3.05, 3.63) is 65.9 Å². The van der Waals surface area contributed by atoms with Crippen LogP contribution in [0.4, 0.5) is 9.59 Å². The number of carbonyl (C=O) groups is 4. The molecule has 0 radical (unpaired) electrons. The van der Waals surface area contributed by atoms with Crippen LogP contribution in [0.2, 0.25) is 0 Å². The largest absolute Gasteiger partial charge is 0.488 e. The Kier molecular flexibility index (Phi) is 11.6. The van der Waals surface area contributed by atoms with E-state index in [-0.39, 0.29) is 41.8 Å². The summed E-state index contributed by atoms with van der Waals surface area (Å²) < 4.78 is 21.5. The smallest absolute Gasteiger partial charge is 0.407 e. The average Bonchev–Trinajstić information content (AvgIpc) is 4.09. The topological polar surface area (TPSA) is 193 Å². The van der Waals surface area contributed by atoms with Crippen molar-refractivity contribution >= 4 is 45.8 Å². The Bertz CT molecular complexity index is 2480. The fraction of sp³-hybridized carbons (Fsp3) is 0.467. The van der Waals surface area contributed by atoms with Crippen molar-refractivity contribution in [1.29, 1.82) is 0 Å². The van der Waals surface area contributed by atoms with Gasteiger partial charge in [-0.05, 0) is 84.9 Å². The zero-order valence-electron chi connectivity index (χ0n) is 35.7. The molecule has 61 heavy (non-hydrogen) atoms. The van der Waals surface area contributed by atoms with Gasteiger partial charge in [-0.1, -0.05) is 39.0 Å². The monoisotopic (exact) mass is 834 g/mol. The number of aromatic nitrogens is 4. The normalized spacial score (nSPS) is 20.6. The first-order valence-electron chi connectivity index (χ1n) is 21.0. The third-order valence-corrected chi connectivity index (χ3v) is 12.5. The number of nitrogens with one attached hydrogen (secondary N) is 4. The average molecular weight is 835 g/mol. The van der Waals surface area contributed by atoms with Gasteiger partial charge >= 0.3 is 12.2 Å². The molecule has 4 N–H and O–H groups in total. The van der Waals surface area contributed by atoms with Crippen molar-refractivity contribution in [2.45, 2.75) is 90.2 Å². The molecule has 0 saturated carbocycles. The Hall–Kier alpha value is -6.16. The Balaban J connectivity index is 1.05. The van der Waals surface area contributed by atoms with Crippen molar-refractivity contribution in [3.8, 4) is 28.1 Å². The predicted octanol–water partition coefficient (Wildman–Crippen LogP) is 6.77. The van der Waals surface area contributed by atoms with E-state index in [4.69, 9.17) is 28.9 Å². The first-order chi connectivity index (χ1) is 29.4. The summed E-state index contributed by atoms with van der Waals surface area (Å²) in [7, 11) is 4.23. The lowest BCUT2D eigenvalue weighted by atomic mass is 9.92. The lowest BCUT2D eigenvalue weighted by Crippen LogP contribution is -2.51. The molecule has 322 valence electrons. The van der Waals surface area contributed by atoms with Gasteiger partial charge in [0.2, 0.25) is 11.8 Å². The lowest BCUT2D eigenvalue weighted by molar-refractivity contribution is -0.136. The van der Waals surface area contributed by atoms with Crippen LogP contribution in [-0.2, 0) is 30.4 Å². The van der Waals surface area contributed by atoms with Gasteiger partial charge in [0.05, 0.1) is 55.8 Å². The number of rotatable bonds is 11. The highest BCUT2D eigenvalue weighted by atomic mass is 16.5. The van der Waals surface area contributed by atoms with Crippen molar-refractivity contribution in [2.24, 2.45) is 11.8 Å². The third kappa shape index (κ3) is 7.84. The van der Waals surface area contributed by atoms with Gasteiger partial charge in [-0.15, -0.1) is 0 Å². The fourth-order valence-electron chi connectivity index (χ4n) is 9.29. The van der Waals surface area contributed by atoms with E-state index < -0.39 is 24.3 Å². The van der Waals surface area contributed by atoms with Crippen LogP contribution in [0.3, 0.4) is 0 Å². The first-order valence-corrected chi connectivity index (χ1v) is 21.0. The molecule has 2 saturated heterocycles. The van der Waals surface area contributed by atoms with Crippen LogP contribution in [0.5, 0.6) is 5.75 Å². The Morgan fingerprint density at radius 1 is 0.918 bits per heavy atom. The van der Waals surface area contributed by atoms with E-state index in [0.29, 0.717) is 44.2 Å². The van der Waals surface area contributed by atoms with Crippen molar-refractivity contribution in [1.82, 2.24) is 40.4 Å². The number of hydrogen-bond acceptors (Lipinski definition) is 10. The highest BCUT2D eigenvalue weighted by Gasteiger charge is 2.42. The zero-order chi connectivity index (χ0) is 43.1. The number of nitrogens with zero attached hydrogens (tertiary/aromatic N) is 4. The number of likely N-dealkylation sites (tertiary alicyclic amines) is 2. The van der Waals surface area contributed by atoms with Gasteiger partial charge in [0.25, 0.3) is 0 Å². The Morgan fingerprint density at radius 2 is 1.70 bits per heavy atom. The second kappa shape index (κ2) is 17.1.